The Kier molecular flexibility index (Phi) is 4.42. The monoisotopic (exact) mass is 344 g/mol. The zero-order chi connectivity index (χ0) is 14.0. The molecule has 102 valence electrons. The number of nitrogens with zero attached hydrogens (tertiary/aromatic N) is 3. The molecule has 0 radical (unpaired) electrons. The Labute approximate surface area is 124 Å². The number of aromatic nitrogens is 3. The molecule has 19 heavy (non-hydrogen) atoms. The number of hydrogen-bond acceptors (Lipinski definition) is 3. The summed E-state index contributed by atoms with van der Waals surface area (Å²) >= 11 is 9.23. The van der Waals surface area contributed by atoms with Crippen molar-refractivity contribution in [3.63, 3.8) is 0 Å². The van der Waals surface area contributed by atoms with E-state index in [0.717, 1.165) is 9.99 Å². The number of halogens is 2. The van der Waals surface area contributed by atoms with Crippen LogP contribution >= 0.6 is 27.5 Å². The van der Waals surface area contributed by atoms with E-state index in [1.54, 1.807) is 10.8 Å². The number of rotatable bonds is 4. The van der Waals surface area contributed by atoms with Crippen LogP contribution in [0.5, 0.6) is 0 Å². The van der Waals surface area contributed by atoms with E-state index in [0.29, 0.717) is 11.5 Å². The summed E-state index contributed by atoms with van der Waals surface area (Å²) in [5, 5.41) is 2.84. The third kappa shape index (κ3) is 3.25. The minimum Gasteiger partial charge on any atom is -0.352 e. The van der Waals surface area contributed by atoms with Crippen molar-refractivity contribution in [3.8, 4) is 0 Å². The van der Waals surface area contributed by atoms with E-state index in [-0.39, 0.29) is 24.4 Å². The summed E-state index contributed by atoms with van der Waals surface area (Å²) in [7, 11) is 0. The number of nitrogens with one attached hydrogen (secondary N) is 1. The van der Waals surface area contributed by atoms with Crippen molar-refractivity contribution in [2.75, 3.05) is 0 Å². The Morgan fingerprint density at radius 3 is 2.95 bits per heavy atom. The largest absolute Gasteiger partial charge is 0.352 e. The highest BCUT2D eigenvalue weighted by molar-refractivity contribution is 9.10. The lowest BCUT2D eigenvalue weighted by molar-refractivity contribution is -0.122. The Morgan fingerprint density at radius 2 is 2.32 bits per heavy atom. The molecule has 0 saturated carbocycles. The molecule has 2 rings (SSSR count). The number of carbonyl (C=O) groups excluding carboxylic acids is 1. The van der Waals surface area contributed by atoms with Crippen LogP contribution in [0.15, 0.2) is 16.7 Å². The second-order valence-corrected chi connectivity index (χ2v) is 5.65. The number of amides is 1. The van der Waals surface area contributed by atoms with Gasteiger partial charge in [-0.3, -0.25) is 4.79 Å². The highest BCUT2D eigenvalue weighted by Crippen LogP contribution is 2.19. The standard InChI is InChI=1S/C12H14BrClN4O/c1-7(2)16-11(19)6-18-10(4-14)17-9-3-8(13)5-15-12(9)18/h3,5,7H,4,6H2,1-2H3,(H,16,19). The lowest BCUT2D eigenvalue weighted by Crippen LogP contribution is -2.33. The lowest BCUT2D eigenvalue weighted by atomic mass is 10.4. The van der Waals surface area contributed by atoms with E-state index in [9.17, 15) is 4.79 Å². The van der Waals surface area contributed by atoms with Gasteiger partial charge in [0.15, 0.2) is 5.65 Å². The maximum absolute atomic E-state index is 11.9. The lowest BCUT2D eigenvalue weighted by Gasteiger charge is -2.10. The highest BCUT2D eigenvalue weighted by Gasteiger charge is 2.14. The predicted molar refractivity (Wildman–Crippen MR) is 78.1 cm³/mol. The van der Waals surface area contributed by atoms with Crippen molar-refractivity contribution in [1.29, 1.82) is 0 Å². The first-order chi connectivity index (χ1) is 9.01. The zero-order valence-electron chi connectivity index (χ0n) is 10.7. The van der Waals surface area contributed by atoms with E-state index in [1.807, 2.05) is 19.9 Å². The summed E-state index contributed by atoms with van der Waals surface area (Å²) in [5.74, 6) is 0.801. The van der Waals surface area contributed by atoms with Crippen LogP contribution in [0.1, 0.15) is 19.7 Å². The van der Waals surface area contributed by atoms with E-state index in [2.05, 4.69) is 31.2 Å². The molecule has 0 saturated heterocycles. The molecule has 0 bridgehead atoms. The second kappa shape index (κ2) is 5.88. The quantitative estimate of drug-likeness (QED) is 0.866. The maximum Gasteiger partial charge on any atom is 0.240 e. The van der Waals surface area contributed by atoms with Gasteiger partial charge in [0.05, 0.1) is 5.88 Å². The van der Waals surface area contributed by atoms with Gasteiger partial charge in [-0.15, -0.1) is 11.6 Å². The van der Waals surface area contributed by atoms with Crippen LogP contribution in [0.3, 0.4) is 0 Å². The molecule has 2 heterocycles. The molecule has 0 atom stereocenters. The van der Waals surface area contributed by atoms with Crippen molar-refractivity contribution in [2.24, 2.45) is 0 Å². The maximum atomic E-state index is 11.9. The molecule has 1 N–H and O–H groups in total. The van der Waals surface area contributed by atoms with Crippen LogP contribution in [0.2, 0.25) is 0 Å². The molecule has 0 aliphatic rings. The molecular formula is C12H14BrClN4O. The van der Waals surface area contributed by atoms with Crippen LogP contribution in [-0.4, -0.2) is 26.5 Å². The average molecular weight is 346 g/mol. The molecular weight excluding hydrogens is 332 g/mol. The van der Waals surface area contributed by atoms with Crippen molar-refractivity contribution in [1.82, 2.24) is 19.9 Å². The smallest absolute Gasteiger partial charge is 0.240 e. The van der Waals surface area contributed by atoms with Gasteiger partial charge in [-0.1, -0.05) is 0 Å². The van der Waals surface area contributed by atoms with Gasteiger partial charge < -0.3 is 9.88 Å². The van der Waals surface area contributed by atoms with Crippen LogP contribution in [0.4, 0.5) is 0 Å². The molecule has 2 aromatic rings. The van der Waals surface area contributed by atoms with Crippen LogP contribution in [0.25, 0.3) is 11.2 Å². The molecule has 0 fully saturated rings. The fourth-order valence-corrected chi connectivity index (χ4v) is 2.34. The number of alkyl halides is 1. The molecule has 7 heteroatoms. The van der Waals surface area contributed by atoms with Gasteiger partial charge in [0.25, 0.3) is 0 Å². The van der Waals surface area contributed by atoms with Crippen molar-refractivity contribution >= 4 is 44.6 Å². The van der Waals surface area contributed by atoms with Gasteiger partial charge in [0.1, 0.15) is 17.9 Å². The van der Waals surface area contributed by atoms with E-state index in [4.69, 9.17) is 11.6 Å². The summed E-state index contributed by atoms with van der Waals surface area (Å²) in [6.45, 7) is 4.01. The Morgan fingerprint density at radius 1 is 1.58 bits per heavy atom. The van der Waals surface area contributed by atoms with Crippen LogP contribution in [0, 0.1) is 0 Å². The average Bonchev–Trinajstić information content (AvgIpc) is 2.65. The predicted octanol–water partition coefficient (Wildman–Crippen LogP) is 2.46. The molecule has 2 aromatic heterocycles. The highest BCUT2D eigenvalue weighted by atomic mass is 79.9. The molecule has 1 amide bonds. The summed E-state index contributed by atoms with van der Waals surface area (Å²) in [6.07, 6.45) is 1.68. The normalized spacial score (nSPS) is 11.2. The van der Waals surface area contributed by atoms with Gasteiger partial charge >= 0.3 is 0 Å². The SMILES string of the molecule is CC(C)NC(=O)Cn1c(CCl)nc2cc(Br)cnc21. The third-order valence-corrected chi connectivity index (χ3v) is 3.17. The summed E-state index contributed by atoms with van der Waals surface area (Å²) < 4.78 is 2.59. The van der Waals surface area contributed by atoms with Crippen LogP contribution < -0.4 is 5.32 Å². The number of fused-ring (bicyclic) bond motifs is 1. The van der Waals surface area contributed by atoms with Gasteiger partial charge in [-0.2, -0.15) is 0 Å². The number of hydrogen-bond donors (Lipinski definition) is 1. The van der Waals surface area contributed by atoms with Crippen molar-refractivity contribution in [2.45, 2.75) is 32.3 Å². The van der Waals surface area contributed by atoms with Gasteiger partial charge in [0, 0.05) is 16.7 Å². The van der Waals surface area contributed by atoms with Gasteiger partial charge in [0.2, 0.25) is 5.91 Å². The number of pyridine rings is 1. The summed E-state index contributed by atoms with van der Waals surface area (Å²) in [6, 6.07) is 1.96. The fraction of sp³-hybridized carbons (Fsp3) is 0.417. The molecule has 0 aliphatic carbocycles. The van der Waals surface area contributed by atoms with Gasteiger partial charge in [-0.25, -0.2) is 9.97 Å². The number of imidazole rings is 1. The molecule has 5 nitrogen and oxygen atoms in total. The van der Waals surface area contributed by atoms with Crippen LogP contribution in [-0.2, 0) is 17.2 Å². The molecule has 0 unspecified atom stereocenters. The summed E-state index contributed by atoms with van der Waals surface area (Å²) in [4.78, 5) is 20.5. The Bertz CT molecular complexity index is 611. The Hall–Kier alpha value is -1.14. The minimum absolute atomic E-state index is 0.0783. The second-order valence-electron chi connectivity index (χ2n) is 4.47. The van der Waals surface area contributed by atoms with E-state index >= 15 is 0 Å². The fourth-order valence-electron chi connectivity index (χ4n) is 1.81. The zero-order valence-corrected chi connectivity index (χ0v) is 13.0. The molecule has 0 aromatic carbocycles. The van der Waals surface area contributed by atoms with Gasteiger partial charge in [-0.05, 0) is 35.8 Å². The van der Waals surface area contributed by atoms with E-state index in [1.165, 1.54) is 0 Å². The first-order valence-corrected chi connectivity index (χ1v) is 7.20. The van der Waals surface area contributed by atoms with Crippen molar-refractivity contribution in [3.05, 3.63) is 22.6 Å². The third-order valence-electron chi connectivity index (χ3n) is 2.50. The van der Waals surface area contributed by atoms with E-state index < -0.39 is 0 Å². The minimum atomic E-state index is -0.0783. The molecule has 0 aliphatic heterocycles. The molecule has 0 spiro atoms. The topological polar surface area (TPSA) is 59.8 Å². The first kappa shape index (κ1) is 14.3. The summed E-state index contributed by atoms with van der Waals surface area (Å²) in [5.41, 5.74) is 1.39. The van der Waals surface area contributed by atoms with Crippen molar-refractivity contribution < 1.29 is 4.79 Å². The number of carbonyl (C=O) groups is 1. The first-order valence-electron chi connectivity index (χ1n) is 5.87. The Balaban J connectivity index is 2.38.